The van der Waals surface area contributed by atoms with Crippen molar-refractivity contribution >= 4 is 11.9 Å². The molecule has 0 radical (unpaired) electrons. The average Bonchev–Trinajstić information content (AvgIpc) is 2.52. The number of esters is 1. The molecule has 110 valence electrons. The molecule has 0 amide bonds. The van der Waals surface area contributed by atoms with Crippen LogP contribution in [-0.2, 0) is 14.3 Å². The lowest BCUT2D eigenvalue weighted by Gasteiger charge is -2.31. The smallest absolute Gasteiger partial charge is 0.452 e. The second-order valence-corrected chi connectivity index (χ2v) is 3.73. The van der Waals surface area contributed by atoms with E-state index in [1.54, 1.807) is 0 Å². The molecule has 19 heavy (non-hydrogen) atoms. The summed E-state index contributed by atoms with van der Waals surface area (Å²) in [5, 5.41) is 9.29. The lowest BCUT2D eigenvalue weighted by molar-refractivity contribution is -0.369. The molecule has 0 bridgehead atoms. The van der Waals surface area contributed by atoms with E-state index in [0.717, 1.165) is 5.32 Å². The highest BCUT2D eigenvalue weighted by atomic mass is 19.4. The summed E-state index contributed by atoms with van der Waals surface area (Å²) < 4.78 is 78.3. The van der Waals surface area contributed by atoms with Gasteiger partial charge in [0.2, 0.25) is 0 Å². The van der Waals surface area contributed by atoms with E-state index in [1.807, 2.05) is 0 Å². The van der Waals surface area contributed by atoms with Gasteiger partial charge in [0.15, 0.2) is 0 Å². The number of carbonyl (C=O) groups is 2. The zero-order valence-electron chi connectivity index (χ0n) is 8.93. The van der Waals surface area contributed by atoms with Crippen LogP contribution in [0.25, 0.3) is 0 Å². The summed E-state index contributed by atoms with van der Waals surface area (Å²) in [7, 11) is 0. The normalized spacial score (nSPS) is 23.3. The number of hydrogen-bond donors (Lipinski definition) is 2. The van der Waals surface area contributed by atoms with E-state index in [-0.39, 0.29) is 0 Å². The van der Waals surface area contributed by atoms with Gasteiger partial charge in [0.25, 0.3) is 0 Å². The van der Waals surface area contributed by atoms with E-state index in [1.165, 1.54) is 0 Å². The molecule has 1 fully saturated rings. The zero-order valence-corrected chi connectivity index (χ0v) is 8.93. The Morgan fingerprint density at radius 1 is 1.26 bits per heavy atom. The van der Waals surface area contributed by atoms with Gasteiger partial charge in [-0.05, 0) is 6.42 Å². The zero-order chi connectivity index (χ0) is 15.1. The lowest BCUT2D eigenvalue weighted by atomic mass is 10.1. The molecule has 0 aromatic carbocycles. The van der Waals surface area contributed by atoms with Crippen molar-refractivity contribution in [3.8, 4) is 0 Å². The van der Waals surface area contributed by atoms with Gasteiger partial charge < -0.3 is 9.84 Å². The molecule has 1 aliphatic heterocycles. The second-order valence-electron chi connectivity index (χ2n) is 3.73. The van der Waals surface area contributed by atoms with Gasteiger partial charge >= 0.3 is 30.0 Å². The van der Waals surface area contributed by atoms with E-state index >= 15 is 0 Å². The van der Waals surface area contributed by atoms with Gasteiger partial charge in [0, 0.05) is 6.42 Å². The number of carboxylic acids is 1. The summed E-state index contributed by atoms with van der Waals surface area (Å²) >= 11 is 0. The first-order valence-electron chi connectivity index (χ1n) is 4.76. The Labute approximate surface area is 101 Å². The van der Waals surface area contributed by atoms with Crippen LogP contribution in [0, 0.1) is 0 Å². The molecule has 1 saturated heterocycles. The molecule has 1 rings (SSSR count). The van der Waals surface area contributed by atoms with Crippen molar-refractivity contribution in [1.82, 2.24) is 5.32 Å². The highest BCUT2D eigenvalue weighted by Gasteiger charge is 2.78. The van der Waals surface area contributed by atoms with Gasteiger partial charge in [-0.1, -0.05) is 0 Å². The second kappa shape index (κ2) is 4.54. The molecule has 5 nitrogen and oxygen atoms in total. The number of carboxylic acid groups (broad SMARTS) is 1. The number of halogens is 6. The van der Waals surface area contributed by atoms with Crippen LogP contribution in [0.1, 0.15) is 12.8 Å². The van der Waals surface area contributed by atoms with Gasteiger partial charge in [-0.2, -0.15) is 26.3 Å². The predicted molar refractivity (Wildman–Crippen MR) is 44.7 cm³/mol. The Bertz CT molecular complexity index is 376. The number of alkyl halides is 6. The molecule has 0 saturated carbocycles. The van der Waals surface area contributed by atoms with Gasteiger partial charge in [-0.15, -0.1) is 0 Å². The predicted octanol–water partition coefficient (Wildman–Crippen LogP) is 1.19. The fourth-order valence-corrected chi connectivity index (χ4v) is 1.45. The summed E-state index contributed by atoms with van der Waals surface area (Å²) in [5.41, 5.74) is -4.79. The minimum absolute atomic E-state index is 0.748. The molecule has 1 heterocycles. The van der Waals surface area contributed by atoms with Crippen molar-refractivity contribution in [2.45, 2.75) is 37.0 Å². The maximum atomic E-state index is 12.5. The van der Waals surface area contributed by atoms with E-state index in [9.17, 15) is 35.9 Å². The molecule has 0 aromatic rings. The molecule has 0 aromatic heterocycles. The first kappa shape index (κ1) is 15.5. The van der Waals surface area contributed by atoms with Crippen molar-refractivity contribution in [3.63, 3.8) is 0 Å². The highest BCUT2D eigenvalue weighted by molar-refractivity contribution is 5.79. The SMILES string of the molecule is O=C(O)CC[C@H]1NC(C(F)(F)F)(C(F)(F)F)OC1=O. The Hall–Kier alpha value is -1.52. The summed E-state index contributed by atoms with van der Waals surface area (Å²) in [6, 6.07) is -1.99. The number of carbonyl (C=O) groups excluding carboxylic acids is 1. The van der Waals surface area contributed by atoms with Gasteiger partial charge in [0.1, 0.15) is 6.04 Å². The monoisotopic (exact) mass is 295 g/mol. The third kappa shape index (κ3) is 2.74. The third-order valence-corrected chi connectivity index (χ3v) is 2.36. The number of nitrogens with one attached hydrogen (secondary N) is 1. The molecule has 2 N–H and O–H groups in total. The molecule has 0 aliphatic carbocycles. The number of ether oxygens (including phenoxy) is 1. The van der Waals surface area contributed by atoms with Crippen molar-refractivity contribution < 1.29 is 45.8 Å². The molecular formula is C8H7F6NO4. The fourth-order valence-electron chi connectivity index (χ4n) is 1.45. The Morgan fingerprint density at radius 3 is 2.05 bits per heavy atom. The van der Waals surface area contributed by atoms with Crippen LogP contribution in [0.2, 0.25) is 0 Å². The number of rotatable bonds is 3. The number of cyclic esters (lactones) is 1. The van der Waals surface area contributed by atoms with Crippen LogP contribution >= 0.6 is 0 Å². The van der Waals surface area contributed by atoms with E-state index in [2.05, 4.69) is 4.74 Å². The standard InChI is InChI=1S/C8H7F6NO4/c9-7(10,11)6(8(12,13)14)15-3(5(18)19-6)1-2-4(16)17/h3,15H,1-2H2,(H,16,17)/t3-/m1/s1. The minimum atomic E-state index is -5.92. The average molecular weight is 295 g/mol. The summed E-state index contributed by atoms with van der Waals surface area (Å²) in [6.07, 6.45) is -13.4. The lowest BCUT2D eigenvalue weighted by Crippen LogP contribution is -2.65. The van der Waals surface area contributed by atoms with Gasteiger partial charge in [-0.25, -0.2) is 0 Å². The molecule has 1 aliphatic rings. The number of hydrogen-bond acceptors (Lipinski definition) is 4. The van der Waals surface area contributed by atoms with Crippen molar-refractivity contribution in [2.75, 3.05) is 0 Å². The first-order valence-corrected chi connectivity index (χ1v) is 4.76. The maximum Gasteiger partial charge on any atom is 0.452 e. The number of aliphatic carboxylic acids is 1. The summed E-state index contributed by atoms with van der Waals surface area (Å²) in [4.78, 5) is 21.2. The van der Waals surface area contributed by atoms with E-state index < -0.39 is 48.9 Å². The van der Waals surface area contributed by atoms with Crippen LogP contribution in [0.5, 0.6) is 0 Å². The van der Waals surface area contributed by atoms with Gasteiger partial charge in [-0.3, -0.25) is 14.9 Å². The molecule has 1 atom stereocenters. The molecule has 0 spiro atoms. The molecule has 0 unspecified atom stereocenters. The molecular weight excluding hydrogens is 288 g/mol. The van der Waals surface area contributed by atoms with Crippen LogP contribution in [0.15, 0.2) is 0 Å². The maximum absolute atomic E-state index is 12.5. The molecule has 11 heteroatoms. The van der Waals surface area contributed by atoms with Crippen LogP contribution in [0.4, 0.5) is 26.3 Å². The summed E-state index contributed by atoms with van der Waals surface area (Å²) in [5.74, 6) is -3.26. The Balaban J connectivity index is 3.00. The Kier molecular flexibility index (Phi) is 3.72. The van der Waals surface area contributed by atoms with E-state index in [4.69, 9.17) is 5.11 Å². The summed E-state index contributed by atoms with van der Waals surface area (Å²) in [6.45, 7) is 0. The first-order chi connectivity index (χ1) is 8.41. The minimum Gasteiger partial charge on any atom is -0.481 e. The fraction of sp³-hybridized carbons (Fsp3) is 0.750. The Morgan fingerprint density at radius 2 is 1.74 bits per heavy atom. The van der Waals surface area contributed by atoms with Gasteiger partial charge in [0.05, 0.1) is 0 Å². The quantitative estimate of drug-likeness (QED) is 0.604. The topological polar surface area (TPSA) is 75.6 Å². The van der Waals surface area contributed by atoms with Crippen LogP contribution in [-0.4, -0.2) is 41.2 Å². The largest absolute Gasteiger partial charge is 0.481 e. The van der Waals surface area contributed by atoms with Crippen molar-refractivity contribution in [3.05, 3.63) is 0 Å². The van der Waals surface area contributed by atoms with Crippen LogP contribution < -0.4 is 5.32 Å². The van der Waals surface area contributed by atoms with Crippen molar-refractivity contribution in [2.24, 2.45) is 0 Å². The van der Waals surface area contributed by atoms with Crippen LogP contribution in [0.3, 0.4) is 0 Å². The van der Waals surface area contributed by atoms with E-state index in [0.29, 0.717) is 0 Å². The highest BCUT2D eigenvalue weighted by Crippen LogP contribution is 2.47. The third-order valence-electron chi connectivity index (χ3n) is 2.36. The van der Waals surface area contributed by atoms with Crippen molar-refractivity contribution in [1.29, 1.82) is 0 Å².